The van der Waals surface area contributed by atoms with E-state index in [2.05, 4.69) is 33.3 Å². The van der Waals surface area contributed by atoms with Crippen LogP contribution in [0.25, 0.3) is 22.3 Å². The second-order valence-corrected chi connectivity index (χ2v) is 9.38. The van der Waals surface area contributed by atoms with E-state index in [0.29, 0.717) is 40.7 Å². The minimum atomic E-state index is -0.173. The fourth-order valence-electron chi connectivity index (χ4n) is 4.57. The number of hydrogen-bond acceptors (Lipinski definition) is 7. The standard InChI is InChI=1S/C26H28ClN5O3/c1-15-11-19(17(3)29-21-5-6-22(27)30-26(21)32-7-9-34-10-8-32)25-20(12-15)23(33)16(2)24(35-25)18-13-28-31(4)14-18/h5-6,11-14,17,29H,7-10H2,1-4H3/t17-/m1/s1. The lowest BCUT2D eigenvalue weighted by Gasteiger charge is -2.30. The highest BCUT2D eigenvalue weighted by atomic mass is 35.5. The van der Waals surface area contributed by atoms with Crippen molar-refractivity contribution in [1.29, 1.82) is 0 Å². The van der Waals surface area contributed by atoms with Gasteiger partial charge in [0.15, 0.2) is 11.2 Å². The molecule has 1 saturated heterocycles. The summed E-state index contributed by atoms with van der Waals surface area (Å²) in [6.45, 7) is 8.61. The molecule has 0 aliphatic carbocycles. The van der Waals surface area contributed by atoms with Crippen LogP contribution in [0.5, 0.6) is 0 Å². The van der Waals surface area contributed by atoms with Crippen molar-refractivity contribution in [2.45, 2.75) is 26.8 Å². The fraction of sp³-hybridized carbons (Fsp3) is 0.346. The van der Waals surface area contributed by atoms with Crippen molar-refractivity contribution in [2.24, 2.45) is 7.05 Å². The van der Waals surface area contributed by atoms with E-state index < -0.39 is 0 Å². The summed E-state index contributed by atoms with van der Waals surface area (Å²) in [7, 11) is 1.84. The number of pyridine rings is 1. The Balaban J connectivity index is 1.60. The molecule has 1 fully saturated rings. The summed E-state index contributed by atoms with van der Waals surface area (Å²) in [6, 6.07) is 7.49. The number of morpholine rings is 1. The number of ether oxygens (including phenoxy) is 1. The number of benzene rings is 1. The van der Waals surface area contributed by atoms with E-state index in [1.165, 1.54) is 0 Å². The molecule has 0 saturated carbocycles. The van der Waals surface area contributed by atoms with Crippen molar-refractivity contribution in [3.63, 3.8) is 0 Å². The van der Waals surface area contributed by atoms with Crippen LogP contribution in [0, 0.1) is 13.8 Å². The van der Waals surface area contributed by atoms with Crippen LogP contribution >= 0.6 is 11.6 Å². The Morgan fingerprint density at radius 2 is 1.94 bits per heavy atom. The van der Waals surface area contributed by atoms with Gasteiger partial charge in [-0.2, -0.15) is 5.10 Å². The molecule has 182 valence electrons. The van der Waals surface area contributed by atoms with Crippen LogP contribution in [0.4, 0.5) is 11.5 Å². The predicted octanol–water partition coefficient (Wildman–Crippen LogP) is 4.87. The Hall–Kier alpha value is -3.36. The van der Waals surface area contributed by atoms with E-state index in [-0.39, 0.29) is 11.5 Å². The van der Waals surface area contributed by atoms with Crippen molar-refractivity contribution < 1.29 is 9.15 Å². The summed E-state index contributed by atoms with van der Waals surface area (Å²) >= 11 is 6.24. The quantitative estimate of drug-likeness (QED) is 0.397. The highest BCUT2D eigenvalue weighted by Crippen LogP contribution is 2.34. The molecular weight excluding hydrogens is 466 g/mol. The minimum Gasteiger partial charge on any atom is -0.455 e. The second-order valence-electron chi connectivity index (χ2n) is 8.99. The van der Waals surface area contributed by atoms with Gasteiger partial charge in [-0.05, 0) is 44.5 Å². The summed E-state index contributed by atoms with van der Waals surface area (Å²) in [5.74, 6) is 1.33. The molecule has 1 aliphatic rings. The first-order chi connectivity index (χ1) is 16.8. The zero-order chi connectivity index (χ0) is 24.7. The molecule has 1 aliphatic heterocycles. The lowest BCUT2D eigenvalue weighted by atomic mass is 9.99. The van der Waals surface area contributed by atoms with Crippen LogP contribution in [-0.2, 0) is 11.8 Å². The first-order valence-electron chi connectivity index (χ1n) is 11.6. The molecule has 0 bridgehead atoms. The van der Waals surface area contributed by atoms with Crippen LogP contribution < -0.4 is 15.6 Å². The number of anilines is 2. The summed E-state index contributed by atoms with van der Waals surface area (Å²) in [5.41, 5.74) is 4.62. The second kappa shape index (κ2) is 9.36. The molecule has 4 aromatic rings. The third kappa shape index (κ3) is 4.51. The van der Waals surface area contributed by atoms with E-state index >= 15 is 0 Å². The minimum absolute atomic E-state index is 0.0376. The summed E-state index contributed by atoms with van der Waals surface area (Å²) in [5, 5.41) is 8.84. The fourth-order valence-corrected chi connectivity index (χ4v) is 4.71. The number of rotatable bonds is 5. The van der Waals surface area contributed by atoms with Gasteiger partial charge in [-0.15, -0.1) is 0 Å². The molecule has 4 heterocycles. The molecule has 35 heavy (non-hydrogen) atoms. The molecule has 1 atom stereocenters. The molecule has 1 aromatic carbocycles. The van der Waals surface area contributed by atoms with Crippen molar-refractivity contribution in [3.8, 4) is 11.3 Å². The molecule has 0 unspecified atom stereocenters. The number of aryl methyl sites for hydroxylation is 2. The third-order valence-electron chi connectivity index (χ3n) is 6.35. The molecule has 1 N–H and O–H groups in total. The average Bonchev–Trinajstić information content (AvgIpc) is 3.28. The van der Waals surface area contributed by atoms with Gasteiger partial charge in [0.25, 0.3) is 0 Å². The largest absolute Gasteiger partial charge is 0.455 e. The van der Waals surface area contributed by atoms with Gasteiger partial charge < -0.3 is 19.4 Å². The number of aromatic nitrogens is 3. The highest BCUT2D eigenvalue weighted by Gasteiger charge is 2.22. The van der Waals surface area contributed by atoms with Gasteiger partial charge in [0.2, 0.25) is 0 Å². The number of hydrogen-bond donors (Lipinski definition) is 1. The van der Waals surface area contributed by atoms with E-state index in [9.17, 15) is 4.79 Å². The Bertz CT molecular complexity index is 1460. The van der Waals surface area contributed by atoms with E-state index in [1.54, 1.807) is 23.9 Å². The SMILES string of the molecule is Cc1cc([C@@H](C)Nc2ccc(Cl)nc2N2CCOCC2)c2oc(-c3cnn(C)c3)c(C)c(=O)c2c1. The first kappa shape index (κ1) is 23.4. The number of fused-ring (bicyclic) bond motifs is 1. The lowest BCUT2D eigenvalue weighted by Crippen LogP contribution is -2.37. The van der Waals surface area contributed by atoms with Gasteiger partial charge >= 0.3 is 0 Å². The van der Waals surface area contributed by atoms with Crippen LogP contribution in [-0.4, -0.2) is 41.1 Å². The smallest absolute Gasteiger partial charge is 0.196 e. The highest BCUT2D eigenvalue weighted by molar-refractivity contribution is 6.29. The summed E-state index contributed by atoms with van der Waals surface area (Å²) in [6.07, 6.45) is 3.56. The van der Waals surface area contributed by atoms with Crippen molar-refractivity contribution >= 4 is 34.1 Å². The summed E-state index contributed by atoms with van der Waals surface area (Å²) < 4.78 is 13.6. The molecule has 0 amide bonds. The van der Waals surface area contributed by atoms with Gasteiger partial charge in [-0.25, -0.2) is 4.98 Å². The van der Waals surface area contributed by atoms with Crippen molar-refractivity contribution in [2.75, 3.05) is 36.5 Å². The lowest BCUT2D eigenvalue weighted by molar-refractivity contribution is 0.122. The van der Waals surface area contributed by atoms with Gasteiger partial charge in [-0.3, -0.25) is 9.48 Å². The summed E-state index contributed by atoms with van der Waals surface area (Å²) in [4.78, 5) is 20.1. The van der Waals surface area contributed by atoms with Crippen LogP contribution in [0.3, 0.4) is 0 Å². The Labute approximate surface area is 208 Å². The predicted molar refractivity (Wildman–Crippen MR) is 138 cm³/mol. The van der Waals surface area contributed by atoms with Crippen LogP contribution in [0.15, 0.2) is 45.9 Å². The van der Waals surface area contributed by atoms with Gasteiger partial charge in [-0.1, -0.05) is 17.7 Å². The maximum atomic E-state index is 13.4. The molecule has 0 spiro atoms. The molecule has 5 rings (SSSR count). The van der Waals surface area contributed by atoms with Gasteiger partial charge in [0.05, 0.1) is 42.1 Å². The third-order valence-corrected chi connectivity index (χ3v) is 6.56. The number of halogens is 1. The molecule has 0 radical (unpaired) electrons. The van der Waals surface area contributed by atoms with Gasteiger partial charge in [0.1, 0.15) is 16.5 Å². The first-order valence-corrected chi connectivity index (χ1v) is 12.0. The maximum absolute atomic E-state index is 13.4. The zero-order valence-electron chi connectivity index (χ0n) is 20.3. The van der Waals surface area contributed by atoms with Crippen molar-refractivity contribution in [3.05, 3.63) is 68.7 Å². The topological polar surface area (TPSA) is 85.4 Å². The van der Waals surface area contributed by atoms with Crippen LogP contribution in [0.1, 0.15) is 29.7 Å². The van der Waals surface area contributed by atoms with E-state index in [4.69, 9.17) is 20.8 Å². The Kier molecular flexibility index (Phi) is 6.25. The van der Waals surface area contributed by atoms with E-state index in [0.717, 1.165) is 41.3 Å². The van der Waals surface area contributed by atoms with E-state index in [1.807, 2.05) is 32.3 Å². The molecule has 9 heteroatoms. The number of nitrogens with one attached hydrogen (secondary N) is 1. The Morgan fingerprint density at radius 3 is 2.66 bits per heavy atom. The Morgan fingerprint density at radius 1 is 1.17 bits per heavy atom. The number of nitrogens with zero attached hydrogens (tertiary/aromatic N) is 4. The normalized spacial score (nSPS) is 14.9. The zero-order valence-corrected chi connectivity index (χ0v) is 21.0. The molecule has 3 aromatic heterocycles. The molecular formula is C26H28ClN5O3. The van der Waals surface area contributed by atoms with Crippen molar-refractivity contribution in [1.82, 2.24) is 14.8 Å². The average molecular weight is 494 g/mol. The maximum Gasteiger partial charge on any atom is 0.196 e. The molecule has 8 nitrogen and oxygen atoms in total. The van der Waals surface area contributed by atoms with Crippen LogP contribution in [0.2, 0.25) is 5.15 Å². The monoisotopic (exact) mass is 493 g/mol. The van der Waals surface area contributed by atoms with Gasteiger partial charge in [0, 0.05) is 37.5 Å².